The van der Waals surface area contributed by atoms with E-state index in [-0.39, 0.29) is 37.5 Å². The number of anilines is 2. The molecule has 5 rings (SSSR count). The smallest absolute Gasteiger partial charge is 0.262 e. The summed E-state index contributed by atoms with van der Waals surface area (Å²) in [5, 5.41) is 5.78. The topological polar surface area (TPSA) is 106 Å². The van der Waals surface area contributed by atoms with E-state index in [0.29, 0.717) is 36.0 Å². The maximum Gasteiger partial charge on any atom is 0.262 e. The number of fused-ring (bicyclic) bond motifs is 1. The molecular weight excluding hydrogens is 486 g/mol. The molecule has 3 aromatic rings. The predicted octanol–water partition coefficient (Wildman–Crippen LogP) is 3.72. The van der Waals surface area contributed by atoms with E-state index < -0.39 is 5.92 Å². The number of hydrogen-bond acceptors (Lipinski definition) is 6. The summed E-state index contributed by atoms with van der Waals surface area (Å²) in [6.07, 6.45) is 0.143. The van der Waals surface area contributed by atoms with Gasteiger partial charge in [0.15, 0.2) is 18.1 Å². The van der Waals surface area contributed by atoms with Crippen molar-refractivity contribution in [1.29, 1.82) is 0 Å². The van der Waals surface area contributed by atoms with Gasteiger partial charge in [0.05, 0.1) is 5.92 Å². The normalized spacial score (nSPS) is 15.9. The van der Waals surface area contributed by atoms with Crippen LogP contribution in [0.3, 0.4) is 0 Å². The Balaban J connectivity index is 1.11. The third-order valence-electron chi connectivity index (χ3n) is 6.59. The number of carbonyl (C=O) groups excluding carboxylic acids is 3. The van der Waals surface area contributed by atoms with Crippen LogP contribution in [-0.2, 0) is 20.9 Å². The summed E-state index contributed by atoms with van der Waals surface area (Å²) in [6.45, 7) is 4.59. The lowest BCUT2D eigenvalue weighted by Gasteiger charge is -2.17. The molecule has 3 amide bonds. The fourth-order valence-corrected chi connectivity index (χ4v) is 4.45. The van der Waals surface area contributed by atoms with Crippen LogP contribution in [0.1, 0.15) is 23.1 Å². The lowest BCUT2D eigenvalue weighted by atomic mass is 10.1. The Morgan fingerprint density at radius 1 is 1.00 bits per heavy atom. The Morgan fingerprint density at radius 2 is 1.79 bits per heavy atom. The van der Waals surface area contributed by atoms with Gasteiger partial charge in [-0.3, -0.25) is 14.4 Å². The molecule has 0 radical (unpaired) electrons. The summed E-state index contributed by atoms with van der Waals surface area (Å²) in [4.78, 5) is 39.3. The molecule has 0 aliphatic carbocycles. The standard InChI is InChI=1S/C29H29N3O6/c1-18-3-4-19(2)24(11-18)31-27(33)16-36-23-8-6-22(7-9-23)32-15-21(13-28(32)34)29(35)30-14-20-5-10-25-26(12-20)38-17-37-25/h3-12,21H,13-17H2,1-2H3,(H,30,35)(H,31,33)/t21-/m0/s1. The minimum Gasteiger partial charge on any atom is -0.484 e. The number of ether oxygens (including phenoxy) is 3. The third-order valence-corrected chi connectivity index (χ3v) is 6.59. The highest BCUT2D eigenvalue weighted by Gasteiger charge is 2.35. The summed E-state index contributed by atoms with van der Waals surface area (Å²) in [5.74, 6) is 0.869. The Morgan fingerprint density at radius 3 is 2.61 bits per heavy atom. The Bertz CT molecular complexity index is 1370. The number of benzene rings is 3. The van der Waals surface area contributed by atoms with Crippen molar-refractivity contribution < 1.29 is 28.6 Å². The summed E-state index contributed by atoms with van der Waals surface area (Å²) in [5.41, 5.74) is 4.36. The van der Waals surface area contributed by atoms with Crippen molar-refractivity contribution in [2.75, 3.05) is 30.2 Å². The first-order chi connectivity index (χ1) is 18.4. The zero-order valence-corrected chi connectivity index (χ0v) is 21.3. The van der Waals surface area contributed by atoms with Crippen molar-refractivity contribution in [2.24, 2.45) is 5.92 Å². The van der Waals surface area contributed by atoms with E-state index in [4.69, 9.17) is 14.2 Å². The third kappa shape index (κ3) is 5.72. The van der Waals surface area contributed by atoms with Crippen LogP contribution in [0.2, 0.25) is 0 Å². The monoisotopic (exact) mass is 515 g/mol. The van der Waals surface area contributed by atoms with E-state index in [0.717, 1.165) is 22.4 Å². The van der Waals surface area contributed by atoms with E-state index in [1.54, 1.807) is 29.2 Å². The van der Waals surface area contributed by atoms with Crippen LogP contribution in [-0.4, -0.2) is 37.7 Å². The zero-order valence-electron chi connectivity index (χ0n) is 21.3. The lowest BCUT2D eigenvalue weighted by Crippen LogP contribution is -2.32. The van der Waals surface area contributed by atoms with Gasteiger partial charge in [-0.15, -0.1) is 0 Å². The summed E-state index contributed by atoms with van der Waals surface area (Å²) >= 11 is 0. The molecule has 1 saturated heterocycles. The van der Waals surface area contributed by atoms with E-state index in [2.05, 4.69) is 10.6 Å². The average molecular weight is 516 g/mol. The molecule has 9 heteroatoms. The van der Waals surface area contributed by atoms with Gasteiger partial charge in [-0.25, -0.2) is 0 Å². The molecule has 38 heavy (non-hydrogen) atoms. The molecular formula is C29H29N3O6. The first-order valence-electron chi connectivity index (χ1n) is 12.4. The van der Waals surface area contributed by atoms with Crippen molar-refractivity contribution in [3.05, 3.63) is 77.4 Å². The summed E-state index contributed by atoms with van der Waals surface area (Å²) in [6, 6.07) is 18.3. The zero-order chi connectivity index (χ0) is 26.6. The van der Waals surface area contributed by atoms with Crippen LogP contribution < -0.4 is 29.7 Å². The van der Waals surface area contributed by atoms with Gasteiger partial charge in [0, 0.05) is 30.9 Å². The van der Waals surface area contributed by atoms with Gasteiger partial charge in [0.2, 0.25) is 18.6 Å². The van der Waals surface area contributed by atoms with Gasteiger partial charge in [-0.05, 0) is 73.0 Å². The molecule has 0 bridgehead atoms. The van der Waals surface area contributed by atoms with Crippen molar-refractivity contribution >= 4 is 29.1 Å². The van der Waals surface area contributed by atoms with Crippen molar-refractivity contribution in [1.82, 2.24) is 5.32 Å². The molecule has 0 spiro atoms. The van der Waals surface area contributed by atoms with E-state index >= 15 is 0 Å². The van der Waals surface area contributed by atoms with Crippen molar-refractivity contribution in [3.63, 3.8) is 0 Å². The molecule has 0 unspecified atom stereocenters. The average Bonchev–Trinajstić information content (AvgIpc) is 3.54. The number of nitrogens with one attached hydrogen (secondary N) is 2. The minimum absolute atomic E-state index is 0.116. The van der Waals surface area contributed by atoms with Crippen molar-refractivity contribution in [3.8, 4) is 17.2 Å². The van der Waals surface area contributed by atoms with E-state index in [1.807, 2.05) is 50.2 Å². The van der Waals surface area contributed by atoms with Gasteiger partial charge < -0.3 is 29.7 Å². The highest BCUT2D eigenvalue weighted by Crippen LogP contribution is 2.32. The van der Waals surface area contributed by atoms with Gasteiger partial charge in [-0.2, -0.15) is 0 Å². The summed E-state index contributed by atoms with van der Waals surface area (Å²) < 4.78 is 16.3. The molecule has 196 valence electrons. The minimum atomic E-state index is -0.443. The Labute approximate surface area is 220 Å². The molecule has 2 aliphatic rings. The second-order valence-corrected chi connectivity index (χ2v) is 9.46. The maximum atomic E-state index is 12.7. The maximum absolute atomic E-state index is 12.7. The second-order valence-electron chi connectivity index (χ2n) is 9.46. The molecule has 2 heterocycles. The first kappa shape index (κ1) is 25.1. The Hall–Kier alpha value is -4.53. The highest BCUT2D eigenvalue weighted by molar-refractivity contribution is 6.00. The van der Waals surface area contributed by atoms with Crippen LogP contribution in [0.5, 0.6) is 17.2 Å². The fourth-order valence-electron chi connectivity index (χ4n) is 4.45. The Kier molecular flexibility index (Phi) is 7.17. The number of rotatable bonds is 8. The summed E-state index contributed by atoms with van der Waals surface area (Å²) in [7, 11) is 0. The largest absolute Gasteiger partial charge is 0.484 e. The van der Waals surface area contributed by atoms with Crippen LogP contribution in [0.4, 0.5) is 11.4 Å². The number of amides is 3. The molecule has 0 saturated carbocycles. The quantitative estimate of drug-likeness (QED) is 0.474. The molecule has 2 N–H and O–H groups in total. The van der Waals surface area contributed by atoms with Crippen molar-refractivity contribution in [2.45, 2.75) is 26.8 Å². The van der Waals surface area contributed by atoms with E-state index in [9.17, 15) is 14.4 Å². The SMILES string of the molecule is Cc1ccc(C)c(NC(=O)COc2ccc(N3C[C@@H](C(=O)NCc4ccc5c(c4)OCO5)CC3=O)cc2)c1. The fraction of sp³-hybridized carbons (Fsp3) is 0.276. The number of nitrogens with zero attached hydrogens (tertiary/aromatic N) is 1. The van der Waals surface area contributed by atoms with Gasteiger partial charge in [-0.1, -0.05) is 18.2 Å². The molecule has 0 aromatic heterocycles. The van der Waals surface area contributed by atoms with Crippen LogP contribution in [0.25, 0.3) is 0 Å². The molecule has 2 aliphatic heterocycles. The number of aryl methyl sites for hydroxylation is 2. The van der Waals surface area contributed by atoms with Gasteiger partial charge >= 0.3 is 0 Å². The molecule has 3 aromatic carbocycles. The lowest BCUT2D eigenvalue weighted by molar-refractivity contribution is -0.126. The van der Waals surface area contributed by atoms with Gasteiger partial charge in [0.25, 0.3) is 5.91 Å². The number of hydrogen-bond donors (Lipinski definition) is 2. The molecule has 1 atom stereocenters. The molecule has 1 fully saturated rings. The second kappa shape index (κ2) is 10.8. The van der Waals surface area contributed by atoms with Crippen LogP contribution >= 0.6 is 0 Å². The first-order valence-corrected chi connectivity index (χ1v) is 12.4. The predicted molar refractivity (Wildman–Crippen MR) is 141 cm³/mol. The van der Waals surface area contributed by atoms with Crippen LogP contribution in [0, 0.1) is 19.8 Å². The van der Waals surface area contributed by atoms with Crippen LogP contribution in [0.15, 0.2) is 60.7 Å². The van der Waals surface area contributed by atoms with E-state index in [1.165, 1.54) is 0 Å². The molecule has 9 nitrogen and oxygen atoms in total. The highest BCUT2D eigenvalue weighted by atomic mass is 16.7. The van der Waals surface area contributed by atoms with Gasteiger partial charge in [0.1, 0.15) is 5.75 Å². The number of carbonyl (C=O) groups is 3.